The molecule has 0 fully saturated rings. The number of rotatable bonds is 0. The Bertz CT molecular complexity index is 1020. The van der Waals surface area contributed by atoms with Gasteiger partial charge in [0.25, 0.3) is 0 Å². The van der Waals surface area contributed by atoms with Crippen LogP contribution in [0.2, 0.25) is 0 Å². The summed E-state index contributed by atoms with van der Waals surface area (Å²) in [6.07, 6.45) is 3.78. The molecule has 1 aromatic carbocycles. The van der Waals surface area contributed by atoms with E-state index < -0.39 is 0 Å². The fourth-order valence-corrected chi connectivity index (χ4v) is 3.67. The zero-order chi connectivity index (χ0) is 14.2. The van der Waals surface area contributed by atoms with Gasteiger partial charge >= 0.3 is 0 Å². The van der Waals surface area contributed by atoms with E-state index >= 15 is 0 Å². The number of benzene rings is 1. The molecule has 1 N–H and O–H groups in total. The van der Waals surface area contributed by atoms with E-state index in [9.17, 15) is 0 Å². The Morgan fingerprint density at radius 3 is 2.81 bits per heavy atom. The van der Waals surface area contributed by atoms with Crippen molar-refractivity contribution in [1.82, 2.24) is 19.7 Å². The Balaban J connectivity index is 2.16. The number of nitrogens with zero attached hydrogens (tertiary/aromatic N) is 3. The van der Waals surface area contributed by atoms with E-state index in [0.29, 0.717) is 0 Å². The van der Waals surface area contributed by atoms with Crippen LogP contribution in [-0.2, 0) is 5.41 Å². The number of fused-ring (bicyclic) bond motifs is 5. The zero-order valence-electron chi connectivity index (χ0n) is 11.9. The van der Waals surface area contributed by atoms with Crippen molar-refractivity contribution in [2.75, 3.05) is 0 Å². The molecule has 0 saturated heterocycles. The van der Waals surface area contributed by atoms with Gasteiger partial charge in [0.05, 0.1) is 11.7 Å². The third kappa shape index (κ3) is 1.13. The van der Waals surface area contributed by atoms with Gasteiger partial charge in [0, 0.05) is 27.9 Å². The summed E-state index contributed by atoms with van der Waals surface area (Å²) < 4.78 is 2.22. The Hall–Kier alpha value is -2.62. The largest absolute Gasteiger partial charge is 0.278 e. The van der Waals surface area contributed by atoms with E-state index in [0.717, 1.165) is 11.5 Å². The average molecular weight is 274 g/mol. The molecule has 4 aromatic rings. The first-order valence-corrected chi connectivity index (χ1v) is 7.12. The van der Waals surface area contributed by atoms with Gasteiger partial charge in [-0.2, -0.15) is 5.10 Å². The number of para-hydroxylation sites is 1. The maximum absolute atomic E-state index is 4.61. The molecule has 1 aliphatic heterocycles. The predicted octanol–water partition coefficient (Wildman–Crippen LogP) is 3.54. The number of hydrogen-bond donors (Lipinski definition) is 1. The van der Waals surface area contributed by atoms with Crippen LogP contribution in [0, 0.1) is 0 Å². The van der Waals surface area contributed by atoms with E-state index in [-0.39, 0.29) is 5.41 Å². The highest BCUT2D eigenvalue weighted by Gasteiger charge is 2.36. The maximum atomic E-state index is 4.61. The topological polar surface area (TPSA) is 46.5 Å². The Labute approximate surface area is 121 Å². The number of aromatic amines is 1. The quantitative estimate of drug-likeness (QED) is 0.533. The fourth-order valence-electron chi connectivity index (χ4n) is 3.67. The van der Waals surface area contributed by atoms with Gasteiger partial charge in [0.2, 0.25) is 0 Å². The lowest BCUT2D eigenvalue weighted by atomic mass is 9.76. The molecule has 3 aromatic heterocycles. The molecule has 0 unspecified atom stereocenters. The van der Waals surface area contributed by atoms with Crippen molar-refractivity contribution in [2.24, 2.45) is 0 Å². The Morgan fingerprint density at radius 2 is 1.90 bits per heavy atom. The molecule has 5 rings (SSSR count). The first kappa shape index (κ1) is 11.1. The van der Waals surface area contributed by atoms with Gasteiger partial charge in [0.1, 0.15) is 11.5 Å². The van der Waals surface area contributed by atoms with Crippen LogP contribution in [0.3, 0.4) is 0 Å². The highest BCUT2D eigenvalue weighted by Crippen LogP contribution is 2.45. The number of pyridine rings is 1. The van der Waals surface area contributed by atoms with Crippen molar-refractivity contribution in [3.63, 3.8) is 0 Å². The van der Waals surface area contributed by atoms with Crippen molar-refractivity contribution in [3.05, 3.63) is 53.9 Å². The molecular weight excluding hydrogens is 260 g/mol. The molecule has 4 nitrogen and oxygen atoms in total. The second kappa shape index (κ2) is 3.34. The lowest BCUT2D eigenvalue weighted by molar-refractivity contribution is 0.630. The molecule has 102 valence electrons. The van der Waals surface area contributed by atoms with Crippen molar-refractivity contribution in [1.29, 1.82) is 0 Å². The summed E-state index contributed by atoms with van der Waals surface area (Å²) in [7, 11) is 0. The molecule has 0 bridgehead atoms. The number of aromatic nitrogens is 4. The molecule has 0 saturated carbocycles. The Morgan fingerprint density at radius 1 is 1.05 bits per heavy atom. The van der Waals surface area contributed by atoms with Gasteiger partial charge in [-0.25, -0.2) is 4.98 Å². The van der Waals surface area contributed by atoms with Gasteiger partial charge in [-0.3, -0.25) is 9.67 Å². The van der Waals surface area contributed by atoms with Crippen LogP contribution >= 0.6 is 0 Å². The number of H-pyrrole nitrogens is 1. The molecule has 4 heterocycles. The van der Waals surface area contributed by atoms with E-state index in [1.54, 1.807) is 0 Å². The van der Waals surface area contributed by atoms with Gasteiger partial charge in [-0.05, 0) is 17.7 Å². The molecule has 0 spiro atoms. The summed E-state index contributed by atoms with van der Waals surface area (Å²) in [5, 5.41) is 9.89. The normalized spacial score (nSPS) is 15.5. The summed E-state index contributed by atoms with van der Waals surface area (Å²) in [5.41, 5.74) is 4.71. The first-order valence-electron chi connectivity index (χ1n) is 7.12. The third-order valence-electron chi connectivity index (χ3n) is 4.74. The van der Waals surface area contributed by atoms with Crippen LogP contribution < -0.4 is 0 Å². The van der Waals surface area contributed by atoms with Crippen LogP contribution in [0.25, 0.3) is 27.8 Å². The van der Waals surface area contributed by atoms with Gasteiger partial charge in [0.15, 0.2) is 0 Å². The molecule has 4 heteroatoms. The van der Waals surface area contributed by atoms with E-state index in [4.69, 9.17) is 0 Å². The first-order chi connectivity index (χ1) is 10.2. The van der Waals surface area contributed by atoms with E-state index in [1.165, 1.54) is 27.4 Å². The number of hydrogen-bond acceptors (Lipinski definition) is 2. The van der Waals surface area contributed by atoms with E-state index in [1.807, 2.05) is 18.5 Å². The second-order valence-electron chi connectivity index (χ2n) is 6.17. The molecular formula is C17H14N4. The van der Waals surface area contributed by atoms with Gasteiger partial charge < -0.3 is 0 Å². The van der Waals surface area contributed by atoms with Crippen LogP contribution in [0.1, 0.15) is 25.0 Å². The molecule has 21 heavy (non-hydrogen) atoms. The van der Waals surface area contributed by atoms with E-state index in [2.05, 4.69) is 57.9 Å². The van der Waals surface area contributed by atoms with Crippen LogP contribution in [-0.4, -0.2) is 19.7 Å². The molecule has 0 amide bonds. The van der Waals surface area contributed by atoms with Crippen LogP contribution in [0.5, 0.6) is 0 Å². The summed E-state index contributed by atoms with van der Waals surface area (Å²) in [5.74, 6) is 1.04. The molecule has 0 radical (unpaired) electrons. The Kier molecular flexibility index (Phi) is 1.76. The maximum Gasteiger partial charge on any atom is 0.146 e. The summed E-state index contributed by atoms with van der Waals surface area (Å²) in [4.78, 5) is 4.61. The highest BCUT2D eigenvalue weighted by molar-refractivity contribution is 6.10. The van der Waals surface area contributed by atoms with Crippen LogP contribution in [0.15, 0.2) is 42.7 Å². The lowest BCUT2D eigenvalue weighted by Gasteiger charge is -2.31. The van der Waals surface area contributed by atoms with Crippen molar-refractivity contribution in [3.8, 4) is 5.82 Å². The SMILES string of the molecule is CC1(C)c2cn[nH]c2-n2c3ncccc3c3cccc1c32. The molecule has 0 aliphatic carbocycles. The van der Waals surface area contributed by atoms with Crippen molar-refractivity contribution >= 4 is 21.9 Å². The van der Waals surface area contributed by atoms with Crippen LogP contribution in [0.4, 0.5) is 0 Å². The zero-order valence-corrected chi connectivity index (χ0v) is 11.9. The minimum Gasteiger partial charge on any atom is -0.278 e. The third-order valence-corrected chi connectivity index (χ3v) is 4.74. The smallest absolute Gasteiger partial charge is 0.146 e. The minimum absolute atomic E-state index is 0.0633. The summed E-state index contributed by atoms with van der Waals surface area (Å²) in [6.45, 7) is 4.51. The van der Waals surface area contributed by atoms with Crippen molar-refractivity contribution in [2.45, 2.75) is 19.3 Å². The summed E-state index contributed by atoms with van der Waals surface area (Å²) >= 11 is 0. The van der Waals surface area contributed by atoms with Crippen molar-refractivity contribution < 1.29 is 0 Å². The lowest BCUT2D eigenvalue weighted by Crippen LogP contribution is -2.25. The average Bonchev–Trinajstić information content (AvgIpc) is 3.08. The summed E-state index contributed by atoms with van der Waals surface area (Å²) in [6, 6.07) is 10.7. The predicted molar refractivity (Wildman–Crippen MR) is 82.8 cm³/mol. The standard InChI is InChI=1S/C17H14N4/c1-17(2)12-7-3-5-10-11-6-4-8-18-15(11)21(14(10)12)16-13(17)9-19-20-16/h3-9H,1-2H3,(H,19,20). The fraction of sp³-hybridized carbons (Fsp3) is 0.176. The van der Waals surface area contributed by atoms with Gasteiger partial charge in [-0.15, -0.1) is 0 Å². The number of nitrogens with one attached hydrogen (secondary N) is 1. The monoisotopic (exact) mass is 274 g/mol. The molecule has 0 atom stereocenters. The minimum atomic E-state index is -0.0633. The highest BCUT2D eigenvalue weighted by atomic mass is 15.2. The second-order valence-corrected chi connectivity index (χ2v) is 6.17. The van der Waals surface area contributed by atoms with Gasteiger partial charge in [-0.1, -0.05) is 32.0 Å². The molecule has 1 aliphatic rings.